The molecule has 0 atom stereocenters. The molecule has 0 bridgehead atoms. The molecule has 2 N–H and O–H groups in total. The lowest BCUT2D eigenvalue weighted by Crippen LogP contribution is -2.20. The summed E-state index contributed by atoms with van der Waals surface area (Å²) in [6.45, 7) is 2.78. The van der Waals surface area contributed by atoms with E-state index in [1.807, 2.05) is 25.5 Å². The first-order valence-electron chi connectivity index (χ1n) is 4.83. The van der Waals surface area contributed by atoms with Crippen LogP contribution in [0.2, 0.25) is 0 Å². The number of aryl methyl sites for hydroxylation is 1. The molecule has 1 aliphatic rings. The molecule has 5 heteroatoms. The van der Waals surface area contributed by atoms with Crippen molar-refractivity contribution in [3.05, 3.63) is 36.2 Å². The topological polar surface area (TPSA) is 54.2 Å². The fourth-order valence-corrected chi connectivity index (χ4v) is 1.79. The summed E-state index contributed by atoms with van der Waals surface area (Å²) in [5, 5.41) is 0. The fourth-order valence-electron chi connectivity index (χ4n) is 1.79. The number of hydrogen-bond donors (Lipinski definition) is 2. The zero-order valence-corrected chi connectivity index (χ0v) is 8.36. The highest BCUT2D eigenvalue weighted by Crippen LogP contribution is 2.17. The standard InChI is InChI=1S/C10H11N5/c1-7-10-12-6-9(8-4-13-14-5-8)15(10)3-2-11-7/h2-4,6,13-14H,5H2,1H3. The smallest absolute Gasteiger partial charge is 0.158 e. The molecule has 3 heterocycles. The SMILES string of the molecule is Cc1nccn2c(C3=CNNC3)cnc12. The zero-order valence-electron chi connectivity index (χ0n) is 8.36. The summed E-state index contributed by atoms with van der Waals surface area (Å²) in [6.07, 6.45) is 7.57. The van der Waals surface area contributed by atoms with Crippen LogP contribution >= 0.6 is 0 Å². The van der Waals surface area contributed by atoms with E-state index in [0.717, 1.165) is 23.6 Å². The lowest BCUT2D eigenvalue weighted by molar-refractivity contribution is 0.729. The molecule has 0 spiro atoms. The molecule has 3 rings (SSSR count). The number of rotatable bonds is 1. The van der Waals surface area contributed by atoms with Gasteiger partial charge in [0.25, 0.3) is 0 Å². The van der Waals surface area contributed by atoms with Gasteiger partial charge >= 0.3 is 0 Å². The minimum atomic E-state index is 0.815. The minimum absolute atomic E-state index is 0.815. The van der Waals surface area contributed by atoms with Gasteiger partial charge in [-0.3, -0.25) is 9.38 Å². The number of hydrazine groups is 1. The molecule has 5 nitrogen and oxygen atoms in total. The van der Waals surface area contributed by atoms with E-state index in [0.29, 0.717) is 0 Å². The highest BCUT2D eigenvalue weighted by molar-refractivity contribution is 5.68. The Morgan fingerprint density at radius 2 is 2.33 bits per heavy atom. The van der Waals surface area contributed by atoms with Crippen LogP contribution in [0.25, 0.3) is 11.2 Å². The first-order chi connectivity index (χ1) is 7.36. The van der Waals surface area contributed by atoms with Crippen molar-refractivity contribution in [1.82, 2.24) is 25.2 Å². The predicted octanol–water partition coefficient (Wildman–Crippen LogP) is 0.486. The second-order valence-corrected chi connectivity index (χ2v) is 3.52. The summed E-state index contributed by atoms with van der Waals surface area (Å²) in [5.41, 5.74) is 10.2. The molecule has 0 saturated carbocycles. The van der Waals surface area contributed by atoms with Crippen LogP contribution in [0.3, 0.4) is 0 Å². The van der Waals surface area contributed by atoms with Crippen molar-refractivity contribution in [3.8, 4) is 0 Å². The number of imidazole rings is 1. The average molecular weight is 201 g/mol. The van der Waals surface area contributed by atoms with Gasteiger partial charge in [0.1, 0.15) is 0 Å². The Labute approximate surface area is 86.8 Å². The van der Waals surface area contributed by atoms with Gasteiger partial charge in [0, 0.05) is 30.7 Å². The predicted molar refractivity (Wildman–Crippen MR) is 56.8 cm³/mol. The van der Waals surface area contributed by atoms with Crippen LogP contribution in [-0.2, 0) is 0 Å². The zero-order chi connectivity index (χ0) is 10.3. The van der Waals surface area contributed by atoms with Crippen molar-refractivity contribution in [2.24, 2.45) is 0 Å². The summed E-state index contributed by atoms with van der Waals surface area (Å²) in [6, 6.07) is 0. The molecule has 0 unspecified atom stereocenters. The van der Waals surface area contributed by atoms with Crippen molar-refractivity contribution in [2.45, 2.75) is 6.92 Å². The Morgan fingerprint density at radius 1 is 1.40 bits per heavy atom. The normalized spacial score (nSPS) is 15.4. The minimum Gasteiger partial charge on any atom is -0.328 e. The first-order valence-corrected chi connectivity index (χ1v) is 4.83. The van der Waals surface area contributed by atoms with Crippen molar-refractivity contribution in [1.29, 1.82) is 0 Å². The molecular formula is C10H11N5. The highest BCUT2D eigenvalue weighted by atomic mass is 15.4. The summed E-state index contributed by atoms with van der Waals surface area (Å²) in [7, 11) is 0. The van der Waals surface area contributed by atoms with E-state index in [2.05, 4.69) is 25.2 Å². The maximum atomic E-state index is 4.37. The summed E-state index contributed by atoms with van der Waals surface area (Å²) < 4.78 is 2.06. The Hall–Kier alpha value is -1.88. The van der Waals surface area contributed by atoms with Gasteiger partial charge in [0.2, 0.25) is 0 Å². The summed E-state index contributed by atoms with van der Waals surface area (Å²) in [4.78, 5) is 8.58. The molecule has 0 saturated heterocycles. The van der Waals surface area contributed by atoms with Crippen LogP contribution in [0.4, 0.5) is 0 Å². The Bertz CT molecular complexity index is 540. The number of aromatic nitrogens is 3. The van der Waals surface area contributed by atoms with Gasteiger partial charge in [-0.2, -0.15) is 0 Å². The molecule has 2 aromatic heterocycles. The molecule has 1 aliphatic heterocycles. The first kappa shape index (κ1) is 8.43. The van der Waals surface area contributed by atoms with Crippen LogP contribution in [0.5, 0.6) is 0 Å². The Balaban J connectivity index is 2.24. The lowest BCUT2D eigenvalue weighted by atomic mass is 10.2. The number of hydrogen-bond acceptors (Lipinski definition) is 4. The van der Waals surface area contributed by atoms with Gasteiger partial charge in [-0.25, -0.2) is 10.4 Å². The molecule has 76 valence electrons. The monoisotopic (exact) mass is 201 g/mol. The van der Waals surface area contributed by atoms with Crippen LogP contribution in [0.1, 0.15) is 11.4 Å². The largest absolute Gasteiger partial charge is 0.328 e. The van der Waals surface area contributed by atoms with Crippen molar-refractivity contribution in [2.75, 3.05) is 6.54 Å². The van der Waals surface area contributed by atoms with Crippen LogP contribution < -0.4 is 10.9 Å². The number of fused-ring (bicyclic) bond motifs is 1. The van der Waals surface area contributed by atoms with E-state index in [-0.39, 0.29) is 0 Å². The summed E-state index contributed by atoms with van der Waals surface area (Å²) >= 11 is 0. The average Bonchev–Trinajstić information content (AvgIpc) is 2.85. The number of nitrogens with one attached hydrogen (secondary N) is 2. The van der Waals surface area contributed by atoms with Gasteiger partial charge in [-0.15, -0.1) is 0 Å². The maximum Gasteiger partial charge on any atom is 0.158 e. The second-order valence-electron chi connectivity index (χ2n) is 3.52. The van der Waals surface area contributed by atoms with Crippen LogP contribution in [0, 0.1) is 6.92 Å². The Morgan fingerprint density at radius 3 is 3.13 bits per heavy atom. The van der Waals surface area contributed by atoms with E-state index in [1.165, 1.54) is 5.57 Å². The molecule has 2 aromatic rings. The van der Waals surface area contributed by atoms with Crippen molar-refractivity contribution >= 4 is 11.2 Å². The molecule has 0 amide bonds. The summed E-state index contributed by atoms with van der Waals surface area (Å²) in [5.74, 6) is 0. The molecular weight excluding hydrogens is 190 g/mol. The Kier molecular flexibility index (Phi) is 1.72. The van der Waals surface area contributed by atoms with Crippen molar-refractivity contribution < 1.29 is 0 Å². The molecule has 0 aromatic carbocycles. The molecule has 0 radical (unpaired) electrons. The molecule has 0 fully saturated rings. The van der Waals surface area contributed by atoms with Gasteiger partial charge in [-0.1, -0.05) is 0 Å². The van der Waals surface area contributed by atoms with Gasteiger partial charge < -0.3 is 5.43 Å². The third-order valence-corrected chi connectivity index (χ3v) is 2.56. The highest BCUT2D eigenvalue weighted by Gasteiger charge is 2.12. The third kappa shape index (κ3) is 1.20. The van der Waals surface area contributed by atoms with E-state index in [9.17, 15) is 0 Å². The molecule has 15 heavy (non-hydrogen) atoms. The lowest BCUT2D eigenvalue weighted by Gasteiger charge is -2.01. The van der Waals surface area contributed by atoms with Crippen LogP contribution in [-0.4, -0.2) is 20.9 Å². The number of nitrogens with zero attached hydrogens (tertiary/aromatic N) is 3. The van der Waals surface area contributed by atoms with E-state index in [1.54, 1.807) is 6.20 Å². The van der Waals surface area contributed by atoms with Gasteiger partial charge in [0.15, 0.2) is 5.65 Å². The van der Waals surface area contributed by atoms with Crippen LogP contribution in [0.15, 0.2) is 24.8 Å². The van der Waals surface area contributed by atoms with Gasteiger partial charge in [0.05, 0.1) is 17.6 Å². The quantitative estimate of drug-likeness (QED) is 0.705. The van der Waals surface area contributed by atoms with E-state index >= 15 is 0 Å². The molecule has 0 aliphatic carbocycles. The third-order valence-electron chi connectivity index (χ3n) is 2.56. The fraction of sp³-hybridized carbons (Fsp3) is 0.200. The second kappa shape index (κ2) is 3.06. The van der Waals surface area contributed by atoms with Crippen molar-refractivity contribution in [3.63, 3.8) is 0 Å². The van der Waals surface area contributed by atoms with E-state index < -0.39 is 0 Å². The van der Waals surface area contributed by atoms with E-state index in [4.69, 9.17) is 0 Å². The van der Waals surface area contributed by atoms with Gasteiger partial charge in [-0.05, 0) is 6.92 Å². The maximum absolute atomic E-state index is 4.37.